The van der Waals surface area contributed by atoms with Gasteiger partial charge in [-0.15, -0.1) is 11.3 Å². The van der Waals surface area contributed by atoms with Gasteiger partial charge in [-0.05, 0) is 49.8 Å². The second kappa shape index (κ2) is 8.91. The highest BCUT2D eigenvalue weighted by Gasteiger charge is 2.24. The van der Waals surface area contributed by atoms with Gasteiger partial charge in [0.2, 0.25) is 5.91 Å². The molecule has 5 nitrogen and oxygen atoms in total. The van der Waals surface area contributed by atoms with Crippen LogP contribution in [0.15, 0.2) is 28.2 Å². The van der Waals surface area contributed by atoms with Crippen LogP contribution in [0, 0.1) is 5.92 Å². The Morgan fingerprint density at radius 1 is 1.37 bits per heavy atom. The van der Waals surface area contributed by atoms with E-state index in [4.69, 9.17) is 28.2 Å². The third kappa shape index (κ3) is 4.13. The maximum absolute atomic E-state index is 13.2. The zero-order chi connectivity index (χ0) is 21.4. The number of nitrogens with one attached hydrogen (secondary N) is 1. The maximum atomic E-state index is 13.2. The SMILES string of the molecule is CCn1c(SCC(=O)Nc2c(Cl)cccc2Cl)nc2sc3c(c2c1=O)CCC(C)C3. The van der Waals surface area contributed by atoms with Gasteiger partial charge in [0, 0.05) is 11.4 Å². The number of hydrogen-bond donors (Lipinski definition) is 1. The van der Waals surface area contributed by atoms with E-state index in [1.54, 1.807) is 34.1 Å². The molecule has 0 aliphatic heterocycles. The normalized spacial score (nSPS) is 15.9. The first kappa shape index (κ1) is 21.7. The predicted octanol–water partition coefficient (Wildman–Crippen LogP) is 5.64. The fourth-order valence-corrected chi connectivity index (χ4v) is 6.50. The molecule has 0 saturated heterocycles. The molecule has 2 aromatic heterocycles. The van der Waals surface area contributed by atoms with Crippen LogP contribution >= 0.6 is 46.3 Å². The molecular weight excluding hydrogens is 461 g/mol. The topological polar surface area (TPSA) is 64.0 Å². The van der Waals surface area contributed by atoms with Crippen LogP contribution in [0.4, 0.5) is 5.69 Å². The lowest BCUT2D eigenvalue weighted by Gasteiger charge is -2.17. The zero-order valence-corrected chi connectivity index (χ0v) is 19.8. The highest BCUT2D eigenvalue weighted by Crippen LogP contribution is 2.36. The number of aromatic nitrogens is 2. The molecule has 1 amide bonds. The van der Waals surface area contributed by atoms with Gasteiger partial charge in [0.15, 0.2) is 5.16 Å². The summed E-state index contributed by atoms with van der Waals surface area (Å²) < 4.78 is 1.66. The van der Waals surface area contributed by atoms with Crippen molar-refractivity contribution in [1.29, 1.82) is 0 Å². The molecule has 9 heteroatoms. The van der Waals surface area contributed by atoms with Crippen LogP contribution in [-0.4, -0.2) is 21.2 Å². The number of thioether (sulfide) groups is 1. The van der Waals surface area contributed by atoms with Crippen molar-refractivity contribution >= 4 is 68.1 Å². The van der Waals surface area contributed by atoms with E-state index in [1.807, 2.05) is 6.92 Å². The number of nitrogens with zero attached hydrogens (tertiary/aromatic N) is 2. The highest BCUT2D eigenvalue weighted by molar-refractivity contribution is 7.99. The number of hydrogen-bond acceptors (Lipinski definition) is 5. The fourth-order valence-electron chi connectivity index (χ4n) is 3.72. The first-order chi connectivity index (χ1) is 14.4. The van der Waals surface area contributed by atoms with Gasteiger partial charge in [0.05, 0.1) is 26.9 Å². The zero-order valence-electron chi connectivity index (χ0n) is 16.6. The van der Waals surface area contributed by atoms with Crippen LogP contribution in [0.1, 0.15) is 30.7 Å². The van der Waals surface area contributed by atoms with Gasteiger partial charge >= 0.3 is 0 Å². The Hall–Kier alpha value is -1.54. The molecule has 0 radical (unpaired) electrons. The van der Waals surface area contributed by atoms with Gasteiger partial charge in [-0.2, -0.15) is 0 Å². The third-order valence-corrected chi connectivity index (χ3v) is 8.01. The number of anilines is 1. The summed E-state index contributed by atoms with van der Waals surface area (Å²) in [5.41, 5.74) is 1.56. The largest absolute Gasteiger partial charge is 0.323 e. The Bertz CT molecular complexity index is 1170. The summed E-state index contributed by atoms with van der Waals surface area (Å²) in [6.07, 6.45) is 3.04. The number of halogens is 2. The highest BCUT2D eigenvalue weighted by atomic mass is 35.5. The van der Waals surface area contributed by atoms with E-state index < -0.39 is 0 Å². The van der Waals surface area contributed by atoms with Crippen LogP contribution in [0.3, 0.4) is 0 Å². The van der Waals surface area contributed by atoms with E-state index in [9.17, 15) is 9.59 Å². The van der Waals surface area contributed by atoms with Gasteiger partial charge in [0.1, 0.15) is 4.83 Å². The van der Waals surface area contributed by atoms with Gasteiger partial charge in [-0.1, -0.05) is 48.0 Å². The molecule has 1 aliphatic rings. The number of carbonyl (C=O) groups excluding carboxylic acids is 1. The third-order valence-electron chi connectivity index (χ3n) is 5.26. The van der Waals surface area contributed by atoms with E-state index in [2.05, 4.69) is 12.2 Å². The summed E-state index contributed by atoms with van der Waals surface area (Å²) >= 11 is 15.1. The first-order valence-electron chi connectivity index (χ1n) is 9.80. The first-order valence-corrected chi connectivity index (χ1v) is 12.4. The minimum absolute atomic E-state index is 0.00777. The number of rotatable bonds is 5. The quantitative estimate of drug-likeness (QED) is 0.378. The molecule has 1 unspecified atom stereocenters. The number of carbonyl (C=O) groups is 1. The standard InChI is InChI=1S/C21H21Cl2N3O2S2/c1-3-26-20(28)17-12-8-7-11(2)9-15(12)30-19(17)25-21(26)29-10-16(27)24-18-13(22)5-4-6-14(18)23/h4-6,11H,3,7-10H2,1-2H3,(H,24,27). The molecule has 0 saturated carbocycles. The Kier molecular flexibility index (Phi) is 6.44. The van der Waals surface area contributed by atoms with Gasteiger partial charge < -0.3 is 5.32 Å². The molecular formula is C21H21Cl2N3O2S2. The van der Waals surface area contributed by atoms with Crippen molar-refractivity contribution in [3.8, 4) is 0 Å². The monoisotopic (exact) mass is 481 g/mol. The van der Waals surface area contributed by atoms with Crippen molar-refractivity contribution in [3.05, 3.63) is 49.0 Å². The van der Waals surface area contributed by atoms with Crippen LogP contribution in [0.25, 0.3) is 10.2 Å². The molecule has 1 N–H and O–H groups in total. The summed E-state index contributed by atoms with van der Waals surface area (Å²) in [4.78, 5) is 32.5. The Morgan fingerprint density at radius 3 is 2.80 bits per heavy atom. The second-order valence-electron chi connectivity index (χ2n) is 7.41. The van der Waals surface area contributed by atoms with Crippen molar-refractivity contribution in [2.45, 2.75) is 44.8 Å². The summed E-state index contributed by atoms with van der Waals surface area (Å²) in [7, 11) is 0. The average Bonchev–Trinajstić information content (AvgIpc) is 3.06. The van der Waals surface area contributed by atoms with E-state index >= 15 is 0 Å². The Labute approximate surface area is 192 Å². The number of amides is 1. The lowest BCUT2D eigenvalue weighted by atomic mass is 9.89. The minimum Gasteiger partial charge on any atom is -0.323 e. The maximum Gasteiger partial charge on any atom is 0.263 e. The average molecular weight is 482 g/mol. The molecule has 3 aromatic rings. The summed E-state index contributed by atoms with van der Waals surface area (Å²) in [6.45, 7) is 4.67. The van der Waals surface area contributed by atoms with Crippen molar-refractivity contribution in [3.63, 3.8) is 0 Å². The molecule has 1 aromatic carbocycles. The van der Waals surface area contributed by atoms with Crippen molar-refractivity contribution in [2.24, 2.45) is 5.92 Å². The van der Waals surface area contributed by atoms with E-state index in [-0.39, 0.29) is 17.2 Å². The second-order valence-corrected chi connectivity index (χ2v) is 10.2. The fraction of sp³-hybridized carbons (Fsp3) is 0.381. The number of fused-ring (bicyclic) bond motifs is 3. The van der Waals surface area contributed by atoms with Crippen molar-refractivity contribution in [2.75, 3.05) is 11.1 Å². The molecule has 0 fully saturated rings. The van der Waals surface area contributed by atoms with Crippen LogP contribution in [0.2, 0.25) is 10.0 Å². The number of thiophene rings is 1. The van der Waals surface area contributed by atoms with E-state index in [0.717, 1.165) is 29.5 Å². The van der Waals surface area contributed by atoms with Crippen LogP contribution in [-0.2, 0) is 24.2 Å². The molecule has 30 heavy (non-hydrogen) atoms. The summed E-state index contributed by atoms with van der Waals surface area (Å²) in [6, 6.07) is 5.05. The summed E-state index contributed by atoms with van der Waals surface area (Å²) in [5, 5.41) is 4.83. The molecule has 158 valence electrons. The lowest BCUT2D eigenvalue weighted by Crippen LogP contribution is -2.24. The molecule has 1 aliphatic carbocycles. The molecule has 2 heterocycles. The predicted molar refractivity (Wildman–Crippen MR) is 127 cm³/mol. The molecule has 1 atom stereocenters. The van der Waals surface area contributed by atoms with Crippen LogP contribution in [0.5, 0.6) is 0 Å². The number of para-hydroxylation sites is 1. The van der Waals surface area contributed by atoms with Gasteiger partial charge in [-0.25, -0.2) is 4.98 Å². The molecule has 0 spiro atoms. The van der Waals surface area contributed by atoms with Gasteiger partial charge in [0.25, 0.3) is 5.56 Å². The Morgan fingerprint density at radius 2 is 2.10 bits per heavy atom. The van der Waals surface area contributed by atoms with Crippen molar-refractivity contribution in [1.82, 2.24) is 9.55 Å². The van der Waals surface area contributed by atoms with E-state index in [0.29, 0.717) is 33.4 Å². The van der Waals surface area contributed by atoms with Gasteiger partial charge in [-0.3, -0.25) is 14.2 Å². The molecule has 4 rings (SSSR count). The number of benzene rings is 1. The lowest BCUT2D eigenvalue weighted by molar-refractivity contribution is -0.113. The number of aryl methyl sites for hydroxylation is 1. The Balaban J connectivity index is 1.60. The summed E-state index contributed by atoms with van der Waals surface area (Å²) in [5.74, 6) is 0.473. The molecule has 0 bridgehead atoms. The van der Waals surface area contributed by atoms with E-state index in [1.165, 1.54) is 22.2 Å². The smallest absolute Gasteiger partial charge is 0.263 e. The van der Waals surface area contributed by atoms with Crippen LogP contribution < -0.4 is 10.9 Å². The minimum atomic E-state index is -0.258. The van der Waals surface area contributed by atoms with Crippen molar-refractivity contribution < 1.29 is 4.79 Å².